The first-order valence-corrected chi connectivity index (χ1v) is 7.10. The van der Waals surface area contributed by atoms with Gasteiger partial charge in [-0.25, -0.2) is 13.6 Å². The number of benzene rings is 1. The number of nitrogens with one attached hydrogen (secondary N) is 1. The van der Waals surface area contributed by atoms with Crippen LogP contribution in [-0.2, 0) is 0 Å². The van der Waals surface area contributed by atoms with Crippen molar-refractivity contribution in [3.05, 3.63) is 29.3 Å². The molecular weight excluding hydrogens is 280 g/mol. The second kappa shape index (κ2) is 6.85. The normalized spacial score (nSPS) is 22.0. The quantitative estimate of drug-likeness (QED) is 0.782. The molecule has 0 heterocycles. The molecule has 3 N–H and O–H groups in total. The summed E-state index contributed by atoms with van der Waals surface area (Å²) in [5, 5.41) is 20.9. The highest BCUT2D eigenvalue weighted by Gasteiger charge is 2.25. The molecule has 0 bridgehead atoms. The van der Waals surface area contributed by atoms with E-state index in [1.807, 2.05) is 0 Å². The molecule has 1 aromatic carbocycles. The van der Waals surface area contributed by atoms with Crippen LogP contribution in [0, 0.1) is 23.5 Å². The zero-order chi connectivity index (χ0) is 15.4. The summed E-state index contributed by atoms with van der Waals surface area (Å²) in [6.45, 7) is 0.537. The van der Waals surface area contributed by atoms with Gasteiger partial charge < -0.3 is 15.5 Å². The van der Waals surface area contributed by atoms with Gasteiger partial charge in [-0.15, -0.1) is 0 Å². The lowest BCUT2D eigenvalue weighted by molar-refractivity contribution is 0.0690. The Morgan fingerprint density at radius 2 is 1.86 bits per heavy atom. The van der Waals surface area contributed by atoms with Crippen LogP contribution in [-0.4, -0.2) is 29.3 Å². The summed E-state index contributed by atoms with van der Waals surface area (Å²) < 4.78 is 27.4. The molecule has 2 rings (SSSR count). The molecular formula is C15H19F2NO3. The van der Waals surface area contributed by atoms with Crippen molar-refractivity contribution in [2.75, 3.05) is 18.5 Å². The summed E-state index contributed by atoms with van der Waals surface area (Å²) in [5.74, 6) is -3.63. The highest BCUT2D eigenvalue weighted by Crippen LogP contribution is 2.30. The average molecular weight is 299 g/mol. The molecule has 2 unspecified atom stereocenters. The van der Waals surface area contributed by atoms with Crippen LogP contribution in [0.2, 0.25) is 0 Å². The molecule has 0 spiro atoms. The van der Waals surface area contributed by atoms with Crippen molar-refractivity contribution in [2.45, 2.75) is 25.7 Å². The van der Waals surface area contributed by atoms with Gasteiger partial charge in [-0.05, 0) is 36.8 Å². The summed E-state index contributed by atoms with van der Waals surface area (Å²) in [6.07, 6.45) is 4.03. The van der Waals surface area contributed by atoms with Crippen LogP contribution < -0.4 is 5.32 Å². The number of rotatable bonds is 5. The minimum Gasteiger partial charge on any atom is -0.478 e. The second-order valence-corrected chi connectivity index (χ2v) is 5.46. The van der Waals surface area contributed by atoms with Crippen molar-refractivity contribution in [1.29, 1.82) is 0 Å². The molecule has 0 aliphatic heterocycles. The Bertz CT molecular complexity index is 522. The maximum absolute atomic E-state index is 13.8. The van der Waals surface area contributed by atoms with E-state index in [0.717, 1.165) is 31.7 Å². The van der Waals surface area contributed by atoms with Crippen LogP contribution in [0.3, 0.4) is 0 Å². The van der Waals surface area contributed by atoms with E-state index >= 15 is 0 Å². The SMILES string of the molecule is O=C(O)c1ccc(NCC2CCCCC2CO)c(F)c1F. The molecule has 0 saturated heterocycles. The van der Waals surface area contributed by atoms with Gasteiger partial charge in [-0.3, -0.25) is 0 Å². The molecule has 1 saturated carbocycles. The molecule has 6 heteroatoms. The fourth-order valence-electron chi connectivity index (χ4n) is 2.89. The van der Waals surface area contributed by atoms with Gasteiger partial charge in [0, 0.05) is 13.2 Å². The number of halogens is 2. The Hall–Kier alpha value is -1.69. The van der Waals surface area contributed by atoms with Crippen LogP contribution in [0.5, 0.6) is 0 Å². The molecule has 0 aromatic heterocycles. The van der Waals surface area contributed by atoms with Gasteiger partial charge in [0.05, 0.1) is 11.3 Å². The van der Waals surface area contributed by atoms with E-state index in [-0.39, 0.29) is 24.1 Å². The molecule has 0 radical (unpaired) electrons. The summed E-state index contributed by atoms with van der Waals surface area (Å²) in [5.41, 5.74) is -0.719. The standard InChI is InChI=1S/C15H19F2NO3/c16-13-11(15(20)21)5-6-12(14(13)17)18-7-9-3-1-2-4-10(9)8-19/h5-6,9-10,18-19H,1-4,7-8H2,(H,20,21). The molecule has 2 atom stereocenters. The van der Waals surface area contributed by atoms with E-state index < -0.39 is 23.2 Å². The van der Waals surface area contributed by atoms with E-state index in [0.29, 0.717) is 6.54 Å². The largest absolute Gasteiger partial charge is 0.478 e. The molecule has 116 valence electrons. The summed E-state index contributed by atoms with van der Waals surface area (Å²) in [6, 6.07) is 2.28. The number of aliphatic hydroxyl groups excluding tert-OH is 1. The van der Waals surface area contributed by atoms with Gasteiger partial charge in [0.25, 0.3) is 0 Å². The lowest BCUT2D eigenvalue weighted by atomic mass is 9.79. The van der Waals surface area contributed by atoms with Gasteiger partial charge in [-0.2, -0.15) is 0 Å². The summed E-state index contributed by atoms with van der Waals surface area (Å²) in [4.78, 5) is 10.7. The monoisotopic (exact) mass is 299 g/mol. The fourth-order valence-corrected chi connectivity index (χ4v) is 2.89. The number of aliphatic hydroxyl groups is 1. The molecule has 1 fully saturated rings. The molecule has 1 aliphatic carbocycles. The Balaban J connectivity index is 2.06. The van der Waals surface area contributed by atoms with Crippen LogP contribution >= 0.6 is 0 Å². The number of aromatic carboxylic acids is 1. The lowest BCUT2D eigenvalue weighted by Crippen LogP contribution is -2.29. The summed E-state index contributed by atoms with van der Waals surface area (Å²) >= 11 is 0. The van der Waals surface area contributed by atoms with Gasteiger partial charge >= 0.3 is 5.97 Å². The van der Waals surface area contributed by atoms with E-state index in [1.165, 1.54) is 6.07 Å². The number of hydrogen-bond acceptors (Lipinski definition) is 3. The van der Waals surface area contributed by atoms with Gasteiger partial charge in [0.15, 0.2) is 11.6 Å². The van der Waals surface area contributed by atoms with Crippen molar-refractivity contribution >= 4 is 11.7 Å². The highest BCUT2D eigenvalue weighted by atomic mass is 19.2. The zero-order valence-corrected chi connectivity index (χ0v) is 11.6. The summed E-state index contributed by atoms with van der Waals surface area (Å²) in [7, 11) is 0. The third-order valence-corrected chi connectivity index (χ3v) is 4.17. The van der Waals surface area contributed by atoms with Crippen LogP contribution in [0.1, 0.15) is 36.0 Å². The third-order valence-electron chi connectivity index (χ3n) is 4.17. The van der Waals surface area contributed by atoms with E-state index in [2.05, 4.69) is 5.32 Å². The predicted molar refractivity (Wildman–Crippen MR) is 74.3 cm³/mol. The first-order chi connectivity index (χ1) is 10.0. The van der Waals surface area contributed by atoms with Crippen LogP contribution in [0.25, 0.3) is 0 Å². The van der Waals surface area contributed by atoms with Crippen LogP contribution in [0.15, 0.2) is 12.1 Å². The topological polar surface area (TPSA) is 69.6 Å². The van der Waals surface area contributed by atoms with Gasteiger partial charge in [-0.1, -0.05) is 12.8 Å². The number of carboxylic acid groups (broad SMARTS) is 1. The molecule has 0 amide bonds. The van der Waals surface area contributed by atoms with Crippen molar-refractivity contribution in [3.63, 3.8) is 0 Å². The van der Waals surface area contributed by atoms with E-state index in [1.54, 1.807) is 0 Å². The Kier molecular flexibility index (Phi) is 5.12. The second-order valence-electron chi connectivity index (χ2n) is 5.46. The van der Waals surface area contributed by atoms with Crippen LogP contribution in [0.4, 0.5) is 14.5 Å². The number of carbonyl (C=O) groups is 1. The van der Waals surface area contributed by atoms with Crippen molar-refractivity contribution in [3.8, 4) is 0 Å². The Morgan fingerprint density at radius 3 is 2.48 bits per heavy atom. The smallest absolute Gasteiger partial charge is 0.338 e. The van der Waals surface area contributed by atoms with E-state index in [4.69, 9.17) is 5.11 Å². The molecule has 4 nitrogen and oxygen atoms in total. The molecule has 21 heavy (non-hydrogen) atoms. The maximum Gasteiger partial charge on any atom is 0.338 e. The average Bonchev–Trinajstić information content (AvgIpc) is 2.48. The first kappa shape index (κ1) is 15.7. The number of carboxylic acids is 1. The number of anilines is 1. The Labute approximate surface area is 121 Å². The number of hydrogen-bond donors (Lipinski definition) is 3. The van der Waals surface area contributed by atoms with Gasteiger partial charge in [0.1, 0.15) is 0 Å². The predicted octanol–water partition coefficient (Wildman–Crippen LogP) is 2.87. The Morgan fingerprint density at radius 1 is 1.19 bits per heavy atom. The van der Waals surface area contributed by atoms with Crippen molar-refractivity contribution in [2.24, 2.45) is 11.8 Å². The highest BCUT2D eigenvalue weighted by molar-refractivity contribution is 5.88. The maximum atomic E-state index is 13.8. The van der Waals surface area contributed by atoms with Crippen molar-refractivity contribution in [1.82, 2.24) is 0 Å². The fraction of sp³-hybridized carbons (Fsp3) is 0.533. The minimum absolute atomic E-state index is 0.0419. The third kappa shape index (κ3) is 3.50. The van der Waals surface area contributed by atoms with Gasteiger partial charge in [0.2, 0.25) is 0 Å². The first-order valence-electron chi connectivity index (χ1n) is 7.10. The molecule has 1 aliphatic rings. The minimum atomic E-state index is -1.49. The molecule has 1 aromatic rings. The van der Waals surface area contributed by atoms with Crippen molar-refractivity contribution < 1.29 is 23.8 Å². The lowest BCUT2D eigenvalue weighted by Gasteiger charge is -2.30. The van der Waals surface area contributed by atoms with E-state index in [9.17, 15) is 18.7 Å². The zero-order valence-electron chi connectivity index (χ0n) is 11.6.